The molecule has 1 heterocycles. The summed E-state index contributed by atoms with van der Waals surface area (Å²) in [6.07, 6.45) is 3.60. The van der Waals surface area contributed by atoms with Gasteiger partial charge in [0.2, 0.25) is 0 Å². The van der Waals surface area contributed by atoms with Crippen molar-refractivity contribution in [2.75, 3.05) is 18.2 Å². The Bertz CT molecular complexity index is 540. The van der Waals surface area contributed by atoms with Crippen molar-refractivity contribution in [1.29, 1.82) is 0 Å². The highest BCUT2D eigenvalue weighted by molar-refractivity contribution is 5.52. The summed E-state index contributed by atoms with van der Waals surface area (Å²) in [5, 5.41) is 3.36. The molecule has 0 aliphatic rings. The molecule has 0 amide bonds. The van der Waals surface area contributed by atoms with Gasteiger partial charge in [0.25, 0.3) is 0 Å². The van der Waals surface area contributed by atoms with Crippen molar-refractivity contribution in [3.05, 3.63) is 47.8 Å². The minimum Gasteiger partial charge on any atom is -0.496 e. The molecular formula is C14H17N3O. The molecule has 0 aliphatic heterocycles. The molecule has 0 fully saturated rings. The van der Waals surface area contributed by atoms with Gasteiger partial charge in [-0.1, -0.05) is 0 Å². The number of anilines is 2. The quantitative estimate of drug-likeness (QED) is 0.810. The first kappa shape index (κ1) is 12.2. The lowest BCUT2D eigenvalue weighted by atomic mass is 10.1. The predicted molar refractivity (Wildman–Crippen MR) is 73.7 cm³/mol. The third-order valence-electron chi connectivity index (χ3n) is 2.79. The van der Waals surface area contributed by atoms with Crippen LogP contribution in [0.25, 0.3) is 0 Å². The molecular weight excluding hydrogens is 226 g/mol. The number of nitrogens with zero attached hydrogens (tertiary/aromatic N) is 1. The molecule has 1 aromatic heterocycles. The number of nitrogens with one attached hydrogen (secondary N) is 1. The first-order valence-electron chi connectivity index (χ1n) is 5.77. The van der Waals surface area contributed by atoms with Gasteiger partial charge in [0.05, 0.1) is 7.11 Å². The van der Waals surface area contributed by atoms with Crippen molar-refractivity contribution in [2.24, 2.45) is 0 Å². The van der Waals surface area contributed by atoms with Gasteiger partial charge in [-0.2, -0.15) is 0 Å². The van der Waals surface area contributed by atoms with E-state index in [2.05, 4.69) is 10.3 Å². The predicted octanol–water partition coefficient (Wildman–Crippen LogP) is 2.59. The van der Waals surface area contributed by atoms with Gasteiger partial charge in [-0.15, -0.1) is 0 Å². The Kier molecular flexibility index (Phi) is 3.67. The number of rotatable bonds is 4. The van der Waals surface area contributed by atoms with Crippen LogP contribution in [0.4, 0.5) is 11.4 Å². The highest BCUT2D eigenvalue weighted by Gasteiger charge is 2.04. The number of pyridine rings is 1. The molecule has 0 radical (unpaired) electrons. The molecule has 0 spiro atoms. The Labute approximate surface area is 107 Å². The number of hydrogen-bond donors (Lipinski definition) is 2. The van der Waals surface area contributed by atoms with Gasteiger partial charge in [0, 0.05) is 35.9 Å². The van der Waals surface area contributed by atoms with E-state index in [1.165, 1.54) is 0 Å². The monoisotopic (exact) mass is 243 g/mol. The normalized spacial score (nSPS) is 10.1. The van der Waals surface area contributed by atoms with Gasteiger partial charge < -0.3 is 15.8 Å². The van der Waals surface area contributed by atoms with Crippen LogP contribution in [0.1, 0.15) is 11.1 Å². The Balaban J connectivity index is 2.15. The van der Waals surface area contributed by atoms with Gasteiger partial charge >= 0.3 is 0 Å². The topological polar surface area (TPSA) is 60.2 Å². The number of methoxy groups -OCH3 is 1. The molecule has 4 heteroatoms. The zero-order valence-electron chi connectivity index (χ0n) is 10.6. The molecule has 18 heavy (non-hydrogen) atoms. The zero-order valence-corrected chi connectivity index (χ0v) is 10.6. The van der Waals surface area contributed by atoms with Crippen LogP contribution in [0, 0.1) is 6.92 Å². The number of nitrogen functional groups attached to an aromatic ring is 1. The molecule has 1 aromatic carbocycles. The maximum absolute atomic E-state index is 5.79. The Morgan fingerprint density at radius 3 is 2.89 bits per heavy atom. The second-order valence-corrected chi connectivity index (χ2v) is 4.12. The van der Waals surface area contributed by atoms with Crippen molar-refractivity contribution >= 4 is 11.4 Å². The smallest absolute Gasteiger partial charge is 0.123 e. The van der Waals surface area contributed by atoms with Gasteiger partial charge in [-0.25, -0.2) is 0 Å². The maximum Gasteiger partial charge on any atom is 0.123 e. The Morgan fingerprint density at radius 2 is 2.17 bits per heavy atom. The SMILES string of the molecule is COc1ccc(N)cc1CNc1ccncc1C. The number of nitrogens with two attached hydrogens (primary N) is 1. The second kappa shape index (κ2) is 5.40. The number of hydrogen-bond acceptors (Lipinski definition) is 4. The largest absolute Gasteiger partial charge is 0.496 e. The Hall–Kier alpha value is -2.23. The summed E-state index contributed by atoms with van der Waals surface area (Å²) in [4.78, 5) is 4.06. The van der Waals surface area contributed by atoms with Gasteiger partial charge in [-0.3, -0.25) is 4.98 Å². The fraction of sp³-hybridized carbons (Fsp3) is 0.214. The molecule has 0 atom stereocenters. The molecule has 2 aromatic rings. The molecule has 3 N–H and O–H groups in total. The fourth-order valence-electron chi connectivity index (χ4n) is 1.80. The molecule has 0 bridgehead atoms. The molecule has 0 saturated carbocycles. The maximum atomic E-state index is 5.79. The van der Waals surface area contributed by atoms with E-state index in [1.54, 1.807) is 13.3 Å². The number of ether oxygens (including phenoxy) is 1. The minimum absolute atomic E-state index is 0.666. The summed E-state index contributed by atoms with van der Waals surface area (Å²) in [6, 6.07) is 7.59. The lowest BCUT2D eigenvalue weighted by Gasteiger charge is -2.12. The standard InChI is InChI=1S/C14H17N3O/c1-10-8-16-6-5-13(10)17-9-11-7-12(15)3-4-14(11)18-2/h3-8H,9,15H2,1-2H3,(H,16,17). The van der Waals surface area contributed by atoms with E-state index in [1.807, 2.05) is 37.4 Å². The van der Waals surface area contributed by atoms with Crippen LogP contribution in [0.15, 0.2) is 36.7 Å². The molecule has 0 saturated heterocycles. The van der Waals surface area contributed by atoms with Crippen molar-refractivity contribution in [1.82, 2.24) is 4.98 Å². The van der Waals surface area contributed by atoms with Gasteiger partial charge in [0.15, 0.2) is 0 Å². The van der Waals surface area contributed by atoms with Crippen LogP contribution in [0.2, 0.25) is 0 Å². The summed E-state index contributed by atoms with van der Waals surface area (Å²) in [6.45, 7) is 2.69. The molecule has 2 rings (SSSR count). The van der Waals surface area contributed by atoms with Crippen molar-refractivity contribution in [3.8, 4) is 5.75 Å². The van der Waals surface area contributed by atoms with E-state index in [0.717, 1.165) is 28.3 Å². The molecule has 0 unspecified atom stereocenters. The van der Waals surface area contributed by atoms with Crippen LogP contribution in [0.3, 0.4) is 0 Å². The second-order valence-electron chi connectivity index (χ2n) is 4.12. The van der Waals surface area contributed by atoms with Crippen LogP contribution in [-0.4, -0.2) is 12.1 Å². The molecule has 0 aliphatic carbocycles. The highest BCUT2D eigenvalue weighted by Crippen LogP contribution is 2.22. The average molecular weight is 243 g/mol. The van der Waals surface area contributed by atoms with E-state index >= 15 is 0 Å². The fourth-order valence-corrected chi connectivity index (χ4v) is 1.80. The summed E-state index contributed by atoms with van der Waals surface area (Å²) >= 11 is 0. The van der Waals surface area contributed by atoms with E-state index in [9.17, 15) is 0 Å². The summed E-state index contributed by atoms with van der Waals surface area (Å²) in [5.41, 5.74) is 9.73. The summed E-state index contributed by atoms with van der Waals surface area (Å²) < 4.78 is 5.31. The first-order valence-corrected chi connectivity index (χ1v) is 5.77. The summed E-state index contributed by atoms with van der Waals surface area (Å²) in [5.74, 6) is 0.836. The average Bonchev–Trinajstić information content (AvgIpc) is 2.38. The van der Waals surface area contributed by atoms with Crippen LogP contribution in [0.5, 0.6) is 5.75 Å². The highest BCUT2D eigenvalue weighted by atomic mass is 16.5. The third-order valence-corrected chi connectivity index (χ3v) is 2.79. The van der Waals surface area contributed by atoms with Crippen LogP contribution < -0.4 is 15.8 Å². The first-order chi connectivity index (χ1) is 8.70. The van der Waals surface area contributed by atoms with Gasteiger partial charge in [0.1, 0.15) is 5.75 Å². The van der Waals surface area contributed by atoms with E-state index in [-0.39, 0.29) is 0 Å². The van der Waals surface area contributed by atoms with Crippen LogP contribution >= 0.6 is 0 Å². The summed E-state index contributed by atoms with van der Waals surface area (Å²) in [7, 11) is 1.66. The third kappa shape index (κ3) is 2.71. The zero-order chi connectivity index (χ0) is 13.0. The van der Waals surface area contributed by atoms with Gasteiger partial charge in [-0.05, 0) is 36.8 Å². The number of benzene rings is 1. The van der Waals surface area contributed by atoms with E-state index < -0.39 is 0 Å². The minimum atomic E-state index is 0.666. The number of aryl methyl sites for hydroxylation is 1. The van der Waals surface area contributed by atoms with Crippen LogP contribution in [-0.2, 0) is 6.54 Å². The Morgan fingerprint density at radius 1 is 1.33 bits per heavy atom. The van der Waals surface area contributed by atoms with Crippen molar-refractivity contribution in [2.45, 2.75) is 13.5 Å². The van der Waals surface area contributed by atoms with E-state index in [0.29, 0.717) is 6.54 Å². The number of aromatic nitrogens is 1. The van der Waals surface area contributed by atoms with E-state index in [4.69, 9.17) is 10.5 Å². The van der Waals surface area contributed by atoms with Crippen molar-refractivity contribution in [3.63, 3.8) is 0 Å². The molecule has 4 nitrogen and oxygen atoms in total. The van der Waals surface area contributed by atoms with Crippen molar-refractivity contribution < 1.29 is 4.74 Å². The molecule has 94 valence electrons. The lowest BCUT2D eigenvalue weighted by molar-refractivity contribution is 0.410. The lowest BCUT2D eigenvalue weighted by Crippen LogP contribution is -2.04.